The lowest BCUT2D eigenvalue weighted by Crippen LogP contribution is -2.39. The lowest BCUT2D eigenvalue weighted by atomic mass is 9.75. The Kier molecular flexibility index (Phi) is 5.93. The Balaban J connectivity index is 1.53. The zero-order valence-corrected chi connectivity index (χ0v) is 22.0. The number of Topliss-reactive ketones (excluding diaryl/α,β-unsaturated/α-hetero) is 1. The molecule has 4 aromatic rings. The van der Waals surface area contributed by atoms with Crippen molar-refractivity contribution >= 4 is 22.3 Å². The van der Waals surface area contributed by atoms with Crippen LogP contribution in [0, 0.1) is 25.2 Å². The molecule has 0 saturated carbocycles. The number of allylic oxidation sites excluding steroid dienone is 3. The fourth-order valence-corrected chi connectivity index (χ4v) is 6.47. The highest BCUT2D eigenvalue weighted by Gasteiger charge is 2.43. The maximum absolute atomic E-state index is 13.6. The van der Waals surface area contributed by atoms with E-state index >= 15 is 0 Å². The highest BCUT2D eigenvalue weighted by Crippen LogP contribution is 2.48. The first kappa shape index (κ1) is 23.9. The van der Waals surface area contributed by atoms with Gasteiger partial charge in [-0.3, -0.25) is 9.69 Å². The number of anilines is 1. The van der Waals surface area contributed by atoms with E-state index in [0.29, 0.717) is 34.9 Å². The SMILES string of the molecule is Cc1nn(-c2ccccc2)c(C)c1C1C(C#N)=C(N)N(c2nc(-c3ccccc3)cs2)C2=C1C(=O)CCC2. The number of hydrogen-bond acceptors (Lipinski definition) is 7. The van der Waals surface area contributed by atoms with Crippen molar-refractivity contribution < 1.29 is 4.79 Å². The van der Waals surface area contributed by atoms with Crippen LogP contribution in [0.1, 0.15) is 42.1 Å². The average molecular weight is 519 g/mol. The van der Waals surface area contributed by atoms with Gasteiger partial charge in [-0.05, 0) is 38.8 Å². The standard InChI is InChI=1S/C30H26N6OS/c1-18-26(19(2)36(34-18)21-12-7-4-8-13-21)27-22(16-31)29(32)35(24-14-9-15-25(37)28(24)27)30-33-23(17-38-30)20-10-5-3-6-11-20/h3-8,10-13,17,27H,9,14-15,32H2,1-2H3. The number of para-hydroxylation sites is 1. The second-order valence-electron chi connectivity index (χ2n) is 9.53. The van der Waals surface area contributed by atoms with Crippen LogP contribution >= 0.6 is 11.3 Å². The number of benzene rings is 2. The van der Waals surface area contributed by atoms with Crippen LogP contribution in [0.15, 0.2) is 88.7 Å². The number of ketones is 1. The smallest absolute Gasteiger partial charge is 0.195 e. The van der Waals surface area contributed by atoms with Gasteiger partial charge in [0, 0.05) is 39.9 Å². The summed E-state index contributed by atoms with van der Waals surface area (Å²) < 4.78 is 1.88. The van der Waals surface area contributed by atoms with Gasteiger partial charge in [0.15, 0.2) is 10.9 Å². The van der Waals surface area contributed by atoms with Crippen molar-refractivity contribution in [2.45, 2.75) is 39.0 Å². The van der Waals surface area contributed by atoms with Crippen LogP contribution in [0.2, 0.25) is 0 Å². The predicted octanol–water partition coefficient (Wildman–Crippen LogP) is 5.92. The van der Waals surface area contributed by atoms with E-state index in [-0.39, 0.29) is 5.78 Å². The second-order valence-corrected chi connectivity index (χ2v) is 10.4. The number of aromatic nitrogens is 3. The Bertz CT molecular complexity index is 1660. The van der Waals surface area contributed by atoms with E-state index in [0.717, 1.165) is 46.0 Å². The van der Waals surface area contributed by atoms with E-state index in [2.05, 4.69) is 6.07 Å². The molecule has 1 unspecified atom stereocenters. The van der Waals surface area contributed by atoms with Crippen molar-refractivity contribution in [2.24, 2.45) is 5.73 Å². The molecule has 0 amide bonds. The van der Waals surface area contributed by atoms with Crippen LogP contribution in [0.3, 0.4) is 0 Å². The highest BCUT2D eigenvalue weighted by molar-refractivity contribution is 7.14. The summed E-state index contributed by atoms with van der Waals surface area (Å²) in [6.07, 6.45) is 1.86. The molecular formula is C30H26N6OS. The molecule has 3 heterocycles. The lowest BCUT2D eigenvalue weighted by Gasteiger charge is -2.38. The number of aryl methyl sites for hydroxylation is 1. The normalized spacial score (nSPS) is 17.6. The minimum atomic E-state index is -0.565. The molecule has 188 valence electrons. The van der Waals surface area contributed by atoms with Gasteiger partial charge in [-0.2, -0.15) is 10.4 Å². The quantitative estimate of drug-likeness (QED) is 0.360. The van der Waals surface area contributed by atoms with Crippen molar-refractivity contribution in [2.75, 3.05) is 4.90 Å². The largest absolute Gasteiger partial charge is 0.384 e. The molecule has 6 rings (SSSR count). The molecule has 2 aromatic heterocycles. The molecule has 0 fully saturated rings. The van der Waals surface area contributed by atoms with Crippen LogP contribution in [0.4, 0.5) is 5.13 Å². The Morgan fingerprint density at radius 3 is 2.47 bits per heavy atom. The zero-order valence-electron chi connectivity index (χ0n) is 21.2. The van der Waals surface area contributed by atoms with Gasteiger partial charge in [0.2, 0.25) is 0 Å². The number of thiazole rings is 1. The van der Waals surface area contributed by atoms with E-state index in [4.69, 9.17) is 15.8 Å². The van der Waals surface area contributed by atoms with E-state index in [1.807, 2.05) is 89.5 Å². The van der Waals surface area contributed by atoms with Gasteiger partial charge in [0.1, 0.15) is 5.82 Å². The summed E-state index contributed by atoms with van der Waals surface area (Å²) in [6, 6.07) is 22.2. The van der Waals surface area contributed by atoms with E-state index in [9.17, 15) is 10.1 Å². The highest BCUT2D eigenvalue weighted by atomic mass is 32.1. The molecule has 7 nitrogen and oxygen atoms in total. The van der Waals surface area contributed by atoms with Crippen molar-refractivity contribution in [1.29, 1.82) is 5.26 Å². The predicted molar refractivity (Wildman–Crippen MR) is 149 cm³/mol. The van der Waals surface area contributed by atoms with Crippen LogP contribution in [-0.2, 0) is 4.79 Å². The van der Waals surface area contributed by atoms with Gasteiger partial charge in [0.25, 0.3) is 0 Å². The topological polar surface area (TPSA) is 101 Å². The van der Waals surface area contributed by atoms with Crippen molar-refractivity contribution in [1.82, 2.24) is 14.8 Å². The van der Waals surface area contributed by atoms with E-state index in [1.165, 1.54) is 11.3 Å². The zero-order chi connectivity index (χ0) is 26.4. The molecular weight excluding hydrogens is 492 g/mol. The lowest BCUT2D eigenvalue weighted by molar-refractivity contribution is -0.116. The van der Waals surface area contributed by atoms with Gasteiger partial charge in [0.05, 0.1) is 34.6 Å². The number of hydrogen-bond donors (Lipinski definition) is 1. The van der Waals surface area contributed by atoms with Crippen LogP contribution in [-0.4, -0.2) is 20.5 Å². The van der Waals surface area contributed by atoms with Crippen LogP contribution in [0.25, 0.3) is 16.9 Å². The molecule has 0 bridgehead atoms. The number of nitrogens with two attached hydrogens (primary N) is 1. The summed E-state index contributed by atoms with van der Waals surface area (Å²) in [5.41, 5.74) is 13.9. The number of nitrogens with zero attached hydrogens (tertiary/aromatic N) is 5. The third-order valence-electron chi connectivity index (χ3n) is 7.30. The molecule has 2 N–H and O–H groups in total. The minimum absolute atomic E-state index is 0.0487. The molecule has 1 aliphatic heterocycles. The molecule has 8 heteroatoms. The van der Waals surface area contributed by atoms with E-state index in [1.54, 1.807) is 0 Å². The monoisotopic (exact) mass is 518 g/mol. The molecule has 0 saturated heterocycles. The Morgan fingerprint density at radius 2 is 1.76 bits per heavy atom. The second kappa shape index (κ2) is 9.43. The summed E-state index contributed by atoms with van der Waals surface area (Å²) in [5.74, 6) is -0.191. The first-order valence-corrected chi connectivity index (χ1v) is 13.5. The minimum Gasteiger partial charge on any atom is -0.384 e. The summed E-state index contributed by atoms with van der Waals surface area (Å²) in [4.78, 5) is 20.3. The number of carbonyl (C=O) groups is 1. The summed E-state index contributed by atoms with van der Waals surface area (Å²) in [7, 11) is 0. The number of carbonyl (C=O) groups excluding carboxylic acids is 1. The number of nitriles is 1. The van der Waals surface area contributed by atoms with Gasteiger partial charge in [-0.1, -0.05) is 48.5 Å². The van der Waals surface area contributed by atoms with Crippen molar-refractivity contribution in [3.8, 4) is 23.0 Å². The van der Waals surface area contributed by atoms with Gasteiger partial charge < -0.3 is 5.73 Å². The molecule has 2 aliphatic rings. The molecule has 2 aromatic carbocycles. The third kappa shape index (κ3) is 3.75. The molecule has 1 atom stereocenters. The first-order chi connectivity index (χ1) is 18.5. The maximum Gasteiger partial charge on any atom is 0.195 e. The third-order valence-corrected chi connectivity index (χ3v) is 8.13. The molecule has 38 heavy (non-hydrogen) atoms. The van der Waals surface area contributed by atoms with Gasteiger partial charge >= 0.3 is 0 Å². The maximum atomic E-state index is 13.6. The Hall–Kier alpha value is -4.48. The fraction of sp³-hybridized carbons (Fsp3) is 0.200. The Labute approximate surface area is 225 Å². The first-order valence-electron chi connectivity index (χ1n) is 12.6. The Morgan fingerprint density at radius 1 is 1.05 bits per heavy atom. The summed E-state index contributed by atoms with van der Waals surface area (Å²) >= 11 is 1.46. The van der Waals surface area contributed by atoms with Crippen LogP contribution < -0.4 is 10.6 Å². The summed E-state index contributed by atoms with van der Waals surface area (Å²) in [5, 5.41) is 17.9. The van der Waals surface area contributed by atoms with Crippen molar-refractivity contribution in [3.05, 3.63) is 106 Å². The van der Waals surface area contributed by atoms with Gasteiger partial charge in [-0.15, -0.1) is 11.3 Å². The molecule has 0 spiro atoms. The van der Waals surface area contributed by atoms with Crippen LogP contribution in [0.5, 0.6) is 0 Å². The average Bonchev–Trinajstić information content (AvgIpc) is 3.53. The van der Waals surface area contributed by atoms with Crippen molar-refractivity contribution in [3.63, 3.8) is 0 Å². The molecule has 1 aliphatic carbocycles. The molecule has 0 radical (unpaired) electrons. The van der Waals surface area contributed by atoms with E-state index < -0.39 is 5.92 Å². The summed E-state index contributed by atoms with van der Waals surface area (Å²) in [6.45, 7) is 3.92. The van der Waals surface area contributed by atoms with Gasteiger partial charge in [-0.25, -0.2) is 9.67 Å². The number of rotatable bonds is 4. The fourth-order valence-electron chi connectivity index (χ4n) is 5.60.